The van der Waals surface area contributed by atoms with Gasteiger partial charge in [-0.3, -0.25) is 14.5 Å². The fourth-order valence-corrected chi connectivity index (χ4v) is 4.30. The molecule has 4 rings (SSSR count). The molecule has 1 aromatic carbocycles. The summed E-state index contributed by atoms with van der Waals surface area (Å²) < 4.78 is 16.2. The number of aryl methyl sites for hydroxylation is 3. The molecule has 1 aliphatic heterocycles. The maximum Gasteiger partial charge on any atom is 0.326 e. The fraction of sp³-hybridized carbons (Fsp3) is 0.308. The van der Waals surface area contributed by atoms with Crippen molar-refractivity contribution in [1.82, 2.24) is 14.7 Å². The van der Waals surface area contributed by atoms with E-state index in [1.54, 1.807) is 17.0 Å². The van der Waals surface area contributed by atoms with Gasteiger partial charge in [-0.2, -0.15) is 9.67 Å². The smallest absolute Gasteiger partial charge is 0.326 e. The number of imide groups is 1. The molecule has 3 heterocycles. The molecule has 34 heavy (non-hydrogen) atoms. The number of nitrogens with zero attached hydrogens (tertiary/aromatic N) is 4. The van der Waals surface area contributed by atoms with Crippen LogP contribution in [0.4, 0.5) is 4.39 Å². The Morgan fingerprint density at radius 1 is 1.06 bits per heavy atom. The van der Waals surface area contributed by atoms with Gasteiger partial charge < -0.3 is 5.11 Å². The molecule has 0 atom stereocenters. The lowest BCUT2D eigenvalue weighted by Crippen LogP contribution is -2.41. The number of pyridine rings is 1. The van der Waals surface area contributed by atoms with E-state index in [4.69, 9.17) is 0 Å². The Labute approximate surface area is 197 Å². The summed E-state index contributed by atoms with van der Waals surface area (Å²) in [5.74, 6) is -1.85. The summed E-state index contributed by atoms with van der Waals surface area (Å²) in [5, 5.41) is 18.0. The standard InChI is InChI=1S/C26H27FN4O3/c1-6-20-21(25(33)31(28-20)19-9-7-18(27)8-10-19)22-23(29-13-16(4)11-17(5)14-29)26(34)30(24(22)32)12-15(2)3/h7-11,13-15H,6,12H2,1-5H3. The van der Waals surface area contributed by atoms with Gasteiger partial charge in [0, 0.05) is 23.2 Å². The van der Waals surface area contributed by atoms with Crippen LogP contribution in [0.15, 0.2) is 42.7 Å². The minimum absolute atomic E-state index is 0.0517. The number of hydrogen-bond donors (Lipinski definition) is 0. The molecule has 0 saturated heterocycles. The number of amides is 2. The molecular weight excluding hydrogens is 435 g/mol. The molecular formula is C26H27FN4O3. The normalized spacial score (nSPS) is 14.1. The lowest BCUT2D eigenvalue weighted by Gasteiger charge is -2.17. The minimum Gasteiger partial charge on any atom is -0.858 e. The lowest BCUT2D eigenvalue weighted by atomic mass is 10.0. The summed E-state index contributed by atoms with van der Waals surface area (Å²) in [7, 11) is 0. The molecule has 0 bridgehead atoms. The first kappa shape index (κ1) is 23.4. The molecule has 3 aromatic rings. The van der Waals surface area contributed by atoms with Crippen molar-refractivity contribution in [3.63, 3.8) is 0 Å². The number of hydrogen-bond acceptors (Lipinski definition) is 4. The quantitative estimate of drug-likeness (QED) is 0.417. The molecule has 7 nitrogen and oxygen atoms in total. The second-order valence-corrected chi connectivity index (χ2v) is 9.00. The molecule has 0 saturated carbocycles. The van der Waals surface area contributed by atoms with Gasteiger partial charge in [-0.25, -0.2) is 9.07 Å². The van der Waals surface area contributed by atoms with Crippen LogP contribution in [0, 0.1) is 25.6 Å². The zero-order chi connectivity index (χ0) is 24.7. The zero-order valence-electron chi connectivity index (χ0n) is 19.9. The summed E-state index contributed by atoms with van der Waals surface area (Å²) in [4.78, 5) is 28.4. The Hall–Kier alpha value is -3.81. The van der Waals surface area contributed by atoms with E-state index in [0.29, 0.717) is 17.8 Å². The van der Waals surface area contributed by atoms with Gasteiger partial charge in [0.2, 0.25) is 0 Å². The van der Waals surface area contributed by atoms with Crippen molar-refractivity contribution in [1.29, 1.82) is 0 Å². The molecule has 2 amide bonds. The molecule has 0 unspecified atom stereocenters. The van der Waals surface area contributed by atoms with Crippen LogP contribution in [0.25, 0.3) is 17.0 Å². The monoisotopic (exact) mass is 462 g/mol. The number of carbonyl (C=O) groups is 2. The highest BCUT2D eigenvalue weighted by molar-refractivity contribution is 6.44. The van der Waals surface area contributed by atoms with Crippen LogP contribution in [0.5, 0.6) is 5.88 Å². The highest BCUT2D eigenvalue weighted by atomic mass is 19.1. The molecule has 0 N–H and O–H groups in total. The first-order valence-electron chi connectivity index (χ1n) is 11.3. The summed E-state index contributed by atoms with van der Waals surface area (Å²) in [5.41, 5.74) is 2.91. The van der Waals surface area contributed by atoms with Gasteiger partial charge in [0.05, 0.1) is 11.4 Å². The van der Waals surface area contributed by atoms with Gasteiger partial charge >= 0.3 is 5.91 Å². The third kappa shape index (κ3) is 4.00. The molecule has 2 aromatic heterocycles. The van der Waals surface area contributed by atoms with Crippen LogP contribution in [-0.4, -0.2) is 33.0 Å². The molecule has 0 aliphatic carbocycles. The molecule has 176 valence electrons. The second kappa shape index (κ2) is 8.85. The van der Waals surface area contributed by atoms with Crippen molar-refractivity contribution >= 4 is 23.1 Å². The van der Waals surface area contributed by atoms with E-state index in [1.807, 2.05) is 40.7 Å². The van der Waals surface area contributed by atoms with E-state index in [-0.39, 0.29) is 29.3 Å². The van der Waals surface area contributed by atoms with Gasteiger partial charge in [0.1, 0.15) is 11.4 Å². The average Bonchev–Trinajstić information content (AvgIpc) is 3.21. The maximum atomic E-state index is 13.6. The predicted octanol–water partition coefficient (Wildman–Crippen LogP) is 2.94. The molecule has 0 radical (unpaired) electrons. The van der Waals surface area contributed by atoms with Crippen molar-refractivity contribution < 1.29 is 23.7 Å². The van der Waals surface area contributed by atoms with E-state index in [1.165, 1.54) is 29.2 Å². The Morgan fingerprint density at radius 3 is 2.24 bits per heavy atom. The van der Waals surface area contributed by atoms with Crippen LogP contribution >= 0.6 is 0 Å². The van der Waals surface area contributed by atoms with Crippen LogP contribution in [0.3, 0.4) is 0 Å². The number of rotatable bonds is 6. The van der Waals surface area contributed by atoms with Gasteiger partial charge in [-0.1, -0.05) is 20.8 Å². The molecule has 8 heteroatoms. The Bertz CT molecular complexity index is 1300. The number of carbonyl (C=O) groups excluding carboxylic acids is 2. The van der Waals surface area contributed by atoms with E-state index >= 15 is 0 Å². The van der Waals surface area contributed by atoms with Crippen LogP contribution < -0.4 is 9.67 Å². The van der Waals surface area contributed by atoms with Crippen LogP contribution in [0.1, 0.15) is 43.2 Å². The van der Waals surface area contributed by atoms with Gasteiger partial charge in [0.15, 0.2) is 12.4 Å². The van der Waals surface area contributed by atoms with Gasteiger partial charge in [0.25, 0.3) is 11.6 Å². The van der Waals surface area contributed by atoms with Crippen molar-refractivity contribution in [3.05, 3.63) is 70.9 Å². The SMILES string of the molecule is CCc1nn(-c2ccc(F)cc2)c([O-])c1C1=C([n+]2cc(C)cc(C)c2)C(=O)N(CC(C)C)C1=O. The van der Waals surface area contributed by atoms with Crippen molar-refractivity contribution in [2.75, 3.05) is 6.54 Å². The lowest BCUT2D eigenvalue weighted by molar-refractivity contribution is -0.577. The van der Waals surface area contributed by atoms with Crippen LogP contribution in [0.2, 0.25) is 0 Å². The first-order valence-corrected chi connectivity index (χ1v) is 11.3. The summed E-state index contributed by atoms with van der Waals surface area (Å²) >= 11 is 0. The summed E-state index contributed by atoms with van der Waals surface area (Å²) in [6, 6.07) is 7.35. The topological polar surface area (TPSA) is 82.1 Å². The third-order valence-electron chi connectivity index (χ3n) is 5.66. The van der Waals surface area contributed by atoms with Crippen LogP contribution in [-0.2, 0) is 16.0 Å². The fourth-order valence-electron chi connectivity index (χ4n) is 4.30. The summed E-state index contributed by atoms with van der Waals surface area (Å²) in [6.45, 7) is 9.71. The van der Waals surface area contributed by atoms with E-state index < -0.39 is 23.5 Å². The summed E-state index contributed by atoms with van der Waals surface area (Å²) in [6.07, 6.45) is 3.92. The van der Waals surface area contributed by atoms with Gasteiger partial charge in [-0.15, -0.1) is 0 Å². The minimum atomic E-state index is -0.520. The van der Waals surface area contributed by atoms with Crippen molar-refractivity contribution in [2.45, 2.75) is 41.0 Å². The number of benzene rings is 1. The van der Waals surface area contributed by atoms with Crippen molar-refractivity contribution in [2.24, 2.45) is 5.92 Å². The number of halogens is 1. The van der Waals surface area contributed by atoms with Gasteiger partial charge in [-0.05, 0) is 62.4 Å². The largest absolute Gasteiger partial charge is 0.858 e. The highest BCUT2D eigenvalue weighted by Crippen LogP contribution is 2.37. The second-order valence-electron chi connectivity index (χ2n) is 9.00. The van der Waals surface area contributed by atoms with Crippen molar-refractivity contribution in [3.8, 4) is 11.6 Å². The van der Waals surface area contributed by atoms with E-state index in [0.717, 1.165) is 15.8 Å². The Balaban J connectivity index is 2.00. The highest BCUT2D eigenvalue weighted by Gasteiger charge is 2.46. The Kier molecular flexibility index (Phi) is 6.08. The maximum absolute atomic E-state index is 13.6. The Morgan fingerprint density at radius 2 is 1.68 bits per heavy atom. The van der Waals surface area contributed by atoms with E-state index in [2.05, 4.69) is 5.10 Å². The molecule has 1 aliphatic rings. The van der Waals surface area contributed by atoms with E-state index in [9.17, 15) is 19.1 Å². The molecule has 0 spiro atoms. The molecule has 0 fully saturated rings. The first-order chi connectivity index (χ1) is 16.1. The third-order valence-corrected chi connectivity index (χ3v) is 5.66. The predicted molar refractivity (Wildman–Crippen MR) is 123 cm³/mol. The zero-order valence-corrected chi connectivity index (χ0v) is 19.9. The number of aromatic nitrogens is 3. The average molecular weight is 463 g/mol.